The summed E-state index contributed by atoms with van der Waals surface area (Å²) in [4.78, 5) is 17.3. The lowest BCUT2D eigenvalue weighted by atomic mass is 10.2. The quantitative estimate of drug-likeness (QED) is 0.411. The van der Waals surface area contributed by atoms with Crippen molar-refractivity contribution in [3.63, 3.8) is 0 Å². The topological polar surface area (TPSA) is 54.6 Å². The Morgan fingerprint density at radius 2 is 1.97 bits per heavy atom. The first-order valence-electron chi connectivity index (χ1n) is 8.95. The number of thioether (sulfide) groups is 1. The molecule has 1 amide bonds. The van der Waals surface area contributed by atoms with Crippen LogP contribution in [-0.4, -0.2) is 11.1 Å². The number of amidine groups is 1. The molecule has 1 fully saturated rings. The van der Waals surface area contributed by atoms with Gasteiger partial charge in [0.05, 0.1) is 15.6 Å². The molecule has 0 spiro atoms. The van der Waals surface area contributed by atoms with Crippen LogP contribution in [0.3, 0.4) is 0 Å². The normalized spacial score (nSPS) is 16.6. The Morgan fingerprint density at radius 3 is 2.69 bits per heavy atom. The summed E-state index contributed by atoms with van der Waals surface area (Å²) in [6, 6.07) is 17.3. The van der Waals surface area contributed by atoms with Crippen LogP contribution in [-0.2, 0) is 11.2 Å². The number of amides is 1. The molecule has 0 radical (unpaired) electrons. The number of furan rings is 1. The lowest BCUT2D eigenvalue weighted by molar-refractivity contribution is -0.115. The third kappa shape index (κ3) is 4.66. The number of halogens is 2. The van der Waals surface area contributed by atoms with E-state index in [0.717, 1.165) is 22.1 Å². The summed E-state index contributed by atoms with van der Waals surface area (Å²) >= 11 is 10.8. The van der Waals surface area contributed by atoms with Gasteiger partial charge >= 0.3 is 0 Å². The largest absolute Gasteiger partial charge is 0.457 e. The molecule has 146 valence electrons. The van der Waals surface area contributed by atoms with Gasteiger partial charge in [-0.15, -0.1) is 0 Å². The number of hydrogen-bond donors (Lipinski definition) is 1. The van der Waals surface area contributed by atoms with E-state index in [1.165, 1.54) is 17.3 Å². The van der Waals surface area contributed by atoms with Gasteiger partial charge < -0.3 is 9.73 Å². The Hall–Kier alpha value is -2.28. The zero-order chi connectivity index (χ0) is 20.4. The molecule has 0 unspecified atom stereocenters. The number of hydrogen-bond acceptors (Lipinski definition) is 4. The number of nitrogens with one attached hydrogen (secondary N) is 1. The number of nitrogens with zero attached hydrogens (tertiary/aromatic N) is 1. The number of aryl methyl sites for hydroxylation is 1. The van der Waals surface area contributed by atoms with Crippen LogP contribution in [0.5, 0.6) is 0 Å². The van der Waals surface area contributed by atoms with Crippen LogP contribution in [0.25, 0.3) is 17.4 Å². The van der Waals surface area contributed by atoms with Gasteiger partial charge in [-0.1, -0.05) is 36.7 Å². The van der Waals surface area contributed by atoms with Gasteiger partial charge in [-0.3, -0.25) is 4.79 Å². The second kappa shape index (κ2) is 8.61. The van der Waals surface area contributed by atoms with Crippen LogP contribution in [0.2, 0.25) is 5.02 Å². The van der Waals surface area contributed by atoms with Crippen molar-refractivity contribution in [2.45, 2.75) is 13.3 Å². The van der Waals surface area contributed by atoms with E-state index < -0.39 is 0 Å². The molecular formula is C22H16BrClN2O2S. The standard InChI is InChI=1S/C22H16BrClN2O2S/c1-2-13-3-6-15(7-4-13)25-22-26-21(27)20(29-22)12-16-8-10-19(28-16)14-5-9-17(23)18(24)11-14/h3-12H,2H2,1H3,(H,25,26,27). The van der Waals surface area contributed by atoms with E-state index in [9.17, 15) is 4.79 Å². The molecule has 4 rings (SSSR count). The maximum absolute atomic E-state index is 12.3. The number of aliphatic imine (C=N–C) groups is 1. The monoisotopic (exact) mass is 486 g/mol. The highest BCUT2D eigenvalue weighted by Crippen LogP contribution is 2.32. The summed E-state index contributed by atoms with van der Waals surface area (Å²) in [5.74, 6) is 1.08. The van der Waals surface area contributed by atoms with E-state index in [0.29, 0.717) is 26.6 Å². The molecule has 1 saturated heterocycles. The average molecular weight is 488 g/mol. The van der Waals surface area contributed by atoms with Crippen molar-refractivity contribution in [1.82, 2.24) is 5.32 Å². The zero-order valence-electron chi connectivity index (χ0n) is 15.4. The van der Waals surface area contributed by atoms with Crippen molar-refractivity contribution >= 4 is 62.1 Å². The summed E-state index contributed by atoms with van der Waals surface area (Å²) in [5.41, 5.74) is 2.92. The minimum atomic E-state index is -0.191. The Kier molecular flexibility index (Phi) is 5.94. The Labute approximate surface area is 186 Å². The summed E-state index contributed by atoms with van der Waals surface area (Å²) in [5, 5.41) is 3.96. The molecule has 0 bridgehead atoms. The van der Waals surface area contributed by atoms with Crippen LogP contribution < -0.4 is 5.32 Å². The number of carbonyl (C=O) groups is 1. The second-order valence-electron chi connectivity index (χ2n) is 6.33. The molecule has 2 aromatic carbocycles. The molecule has 0 aliphatic carbocycles. The average Bonchev–Trinajstić information content (AvgIpc) is 3.32. The van der Waals surface area contributed by atoms with E-state index >= 15 is 0 Å². The van der Waals surface area contributed by atoms with Gasteiger partial charge in [-0.05, 0) is 76.1 Å². The molecule has 0 saturated carbocycles. The summed E-state index contributed by atoms with van der Waals surface area (Å²) in [7, 11) is 0. The van der Waals surface area contributed by atoms with Gasteiger partial charge in [-0.2, -0.15) is 0 Å². The van der Waals surface area contributed by atoms with Crippen molar-refractivity contribution in [3.05, 3.63) is 80.3 Å². The van der Waals surface area contributed by atoms with Crippen molar-refractivity contribution in [2.24, 2.45) is 4.99 Å². The molecule has 2 heterocycles. The fourth-order valence-corrected chi connectivity index (χ4v) is 4.02. The SMILES string of the molecule is CCc1ccc(N=C2NC(=O)C(=Cc3ccc(-c4ccc(Br)c(Cl)c4)o3)S2)cc1. The molecule has 1 N–H and O–H groups in total. The molecule has 4 nitrogen and oxygen atoms in total. The zero-order valence-corrected chi connectivity index (χ0v) is 18.6. The van der Waals surface area contributed by atoms with Gasteiger partial charge in [0.1, 0.15) is 11.5 Å². The Morgan fingerprint density at radius 1 is 1.17 bits per heavy atom. The van der Waals surface area contributed by atoms with E-state index in [-0.39, 0.29) is 5.91 Å². The first-order valence-corrected chi connectivity index (χ1v) is 10.9. The number of benzene rings is 2. The van der Waals surface area contributed by atoms with Crippen LogP contribution >= 0.6 is 39.3 Å². The third-order valence-corrected chi connectivity index (χ3v) is 6.47. The maximum Gasteiger partial charge on any atom is 0.264 e. The third-order valence-electron chi connectivity index (χ3n) is 4.33. The predicted octanol–water partition coefficient (Wildman–Crippen LogP) is 6.82. The van der Waals surface area contributed by atoms with Crippen LogP contribution in [0, 0.1) is 0 Å². The molecule has 29 heavy (non-hydrogen) atoms. The Bertz CT molecular complexity index is 1140. The highest BCUT2D eigenvalue weighted by molar-refractivity contribution is 9.10. The summed E-state index contributed by atoms with van der Waals surface area (Å²) < 4.78 is 6.70. The first-order chi connectivity index (χ1) is 14.0. The molecule has 3 aromatic rings. The van der Waals surface area contributed by atoms with Gasteiger partial charge in [0, 0.05) is 16.1 Å². The fraction of sp³-hybridized carbons (Fsp3) is 0.0909. The highest BCUT2D eigenvalue weighted by Gasteiger charge is 2.24. The van der Waals surface area contributed by atoms with Crippen LogP contribution in [0.15, 0.2) is 73.4 Å². The van der Waals surface area contributed by atoms with Crippen LogP contribution in [0.1, 0.15) is 18.2 Å². The molecule has 0 atom stereocenters. The van der Waals surface area contributed by atoms with Crippen molar-refractivity contribution in [3.8, 4) is 11.3 Å². The lowest BCUT2D eigenvalue weighted by Gasteiger charge is -1.99. The fourth-order valence-electron chi connectivity index (χ4n) is 2.77. The second-order valence-corrected chi connectivity index (χ2v) is 8.62. The van der Waals surface area contributed by atoms with Gasteiger partial charge in [0.15, 0.2) is 5.17 Å². The smallest absolute Gasteiger partial charge is 0.264 e. The predicted molar refractivity (Wildman–Crippen MR) is 123 cm³/mol. The first kappa shape index (κ1) is 20.0. The molecule has 1 aromatic heterocycles. The molecule has 1 aliphatic heterocycles. The van der Waals surface area contributed by atoms with Crippen molar-refractivity contribution in [2.75, 3.05) is 0 Å². The van der Waals surface area contributed by atoms with E-state index in [4.69, 9.17) is 16.0 Å². The lowest BCUT2D eigenvalue weighted by Crippen LogP contribution is -2.19. The van der Waals surface area contributed by atoms with E-state index in [1.807, 2.05) is 54.6 Å². The highest BCUT2D eigenvalue weighted by atomic mass is 79.9. The van der Waals surface area contributed by atoms with Gasteiger partial charge in [0.25, 0.3) is 5.91 Å². The van der Waals surface area contributed by atoms with Crippen molar-refractivity contribution < 1.29 is 9.21 Å². The van der Waals surface area contributed by atoms with Crippen LogP contribution in [0.4, 0.5) is 5.69 Å². The van der Waals surface area contributed by atoms with Gasteiger partial charge in [0.2, 0.25) is 0 Å². The molecule has 7 heteroatoms. The van der Waals surface area contributed by atoms with E-state index in [1.54, 1.807) is 6.08 Å². The minimum Gasteiger partial charge on any atom is -0.457 e. The number of rotatable bonds is 4. The maximum atomic E-state index is 12.3. The van der Waals surface area contributed by atoms with Gasteiger partial charge in [-0.25, -0.2) is 4.99 Å². The summed E-state index contributed by atoms with van der Waals surface area (Å²) in [6.07, 6.45) is 2.69. The molecular weight excluding hydrogens is 472 g/mol. The Balaban J connectivity index is 1.52. The van der Waals surface area contributed by atoms with E-state index in [2.05, 4.69) is 33.2 Å². The molecule has 1 aliphatic rings. The minimum absolute atomic E-state index is 0.191. The summed E-state index contributed by atoms with van der Waals surface area (Å²) in [6.45, 7) is 2.11. The number of carbonyl (C=O) groups excluding carboxylic acids is 1. The van der Waals surface area contributed by atoms with Crippen molar-refractivity contribution in [1.29, 1.82) is 0 Å².